The monoisotopic (exact) mass is 444 g/mol. The Bertz CT molecular complexity index is 349. The normalized spacial score (nSPS) is 11.2. The average Bonchev–Trinajstić information content (AvgIpc) is 2.77. The van der Waals surface area contributed by atoms with E-state index in [0.717, 1.165) is 25.9 Å². The summed E-state index contributed by atoms with van der Waals surface area (Å²) in [6, 6.07) is 0. The van der Waals surface area contributed by atoms with Crippen LogP contribution in [0.2, 0.25) is 0 Å². The van der Waals surface area contributed by atoms with Gasteiger partial charge in [-0.15, -0.1) is 0 Å². The van der Waals surface area contributed by atoms with Gasteiger partial charge in [0.05, 0.1) is 33.0 Å². The number of rotatable bonds is 26. The SMILES string of the molecule is CCCCCCCCCCCCOCCOCCOCCCC(=O)OCCCCCC. The Morgan fingerprint density at radius 2 is 0.839 bits per heavy atom. The predicted molar refractivity (Wildman–Crippen MR) is 129 cm³/mol. The fourth-order valence-corrected chi connectivity index (χ4v) is 3.34. The summed E-state index contributed by atoms with van der Waals surface area (Å²) in [7, 11) is 0. The number of esters is 1. The maximum absolute atomic E-state index is 11.6. The topological polar surface area (TPSA) is 54.0 Å². The van der Waals surface area contributed by atoms with Crippen molar-refractivity contribution in [3.8, 4) is 0 Å². The van der Waals surface area contributed by atoms with Gasteiger partial charge in [0.15, 0.2) is 0 Å². The zero-order valence-corrected chi connectivity index (χ0v) is 20.8. The van der Waals surface area contributed by atoms with Crippen LogP contribution in [-0.4, -0.2) is 52.2 Å². The smallest absolute Gasteiger partial charge is 0.305 e. The quantitative estimate of drug-likeness (QED) is 0.108. The molecule has 0 atom stereocenters. The molecule has 0 unspecified atom stereocenters. The number of hydrogen-bond donors (Lipinski definition) is 0. The molecule has 0 bridgehead atoms. The molecule has 0 aliphatic rings. The molecule has 0 N–H and O–H groups in total. The molecule has 0 rings (SSSR count). The molecule has 0 amide bonds. The van der Waals surface area contributed by atoms with Gasteiger partial charge in [0.2, 0.25) is 0 Å². The lowest BCUT2D eigenvalue weighted by Crippen LogP contribution is -2.11. The third-order valence-electron chi connectivity index (χ3n) is 5.32. The van der Waals surface area contributed by atoms with Gasteiger partial charge in [-0.3, -0.25) is 4.79 Å². The molecule has 0 saturated heterocycles. The molecule has 31 heavy (non-hydrogen) atoms. The lowest BCUT2D eigenvalue weighted by atomic mass is 10.1. The molecule has 0 spiro atoms. The van der Waals surface area contributed by atoms with Gasteiger partial charge in [-0.2, -0.15) is 0 Å². The summed E-state index contributed by atoms with van der Waals surface area (Å²) < 4.78 is 21.8. The molecule has 0 aromatic rings. The molecule has 0 heterocycles. The third kappa shape index (κ3) is 27.3. The van der Waals surface area contributed by atoms with Gasteiger partial charge < -0.3 is 18.9 Å². The van der Waals surface area contributed by atoms with E-state index in [1.807, 2.05) is 0 Å². The van der Waals surface area contributed by atoms with Crippen LogP contribution in [0.1, 0.15) is 117 Å². The number of ether oxygens (including phenoxy) is 4. The second-order valence-electron chi connectivity index (χ2n) is 8.40. The minimum absolute atomic E-state index is 0.115. The second-order valence-corrected chi connectivity index (χ2v) is 8.40. The van der Waals surface area contributed by atoms with Crippen molar-refractivity contribution in [2.45, 2.75) is 117 Å². The zero-order valence-electron chi connectivity index (χ0n) is 20.8. The fraction of sp³-hybridized carbons (Fsp3) is 0.962. The van der Waals surface area contributed by atoms with Crippen molar-refractivity contribution in [2.75, 3.05) is 46.2 Å². The van der Waals surface area contributed by atoms with Crippen LogP contribution in [0.25, 0.3) is 0 Å². The molecule has 186 valence electrons. The van der Waals surface area contributed by atoms with Gasteiger partial charge in [0.25, 0.3) is 0 Å². The number of unbranched alkanes of at least 4 members (excludes halogenated alkanes) is 12. The first kappa shape index (κ1) is 30.4. The Hall–Kier alpha value is -0.650. The van der Waals surface area contributed by atoms with E-state index < -0.39 is 0 Å². The molecule has 0 aliphatic carbocycles. The molecule has 0 aromatic heterocycles. The molecule has 5 heteroatoms. The standard InChI is InChI=1S/C26H52O5/c1-3-5-7-9-10-11-12-13-14-15-19-28-22-24-30-25-23-29-20-17-18-26(27)31-21-16-8-6-4-2/h3-25H2,1-2H3. The van der Waals surface area contributed by atoms with Crippen LogP contribution in [0.4, 0.5) is 0 Å². The van der Waals surface area contributed by atoms with Gasteiger partial charge in [-0.05, 0) is 19.3 Å². The van der Waals surface area contributed by atoms with Gasteiger partial charge in [-0.1, -0.05) is 90.9 Å². The summed E-state index contributed by atoms with van der Waals surface area (Å²) in [6.07, 6.45) is 19.1. The summed E-state index contributed by atoms with van der Waals surface area (Å²) in [4.78, 5) is 11.6. The van der Waals surface area contributed by atoms with E-state index in [-0.39, 0.29) is 5.97 Å². The summed E-state index contributed by atoms with van der Waals surface area (Å²) in [5.74, 6) is -0.115. The maximum Gasteiger partial charge on any atom is 0.305 e. The van der Waals surface area contributed by atoms with Crippen molar-refractivity contribution in [2.24, 2.45) is 0 Å². The van der Waals surface area contributed by atoms with Crippen LogP contribution in [-0.2, 0) is 23.7 Å². The highest BCUT2D eigenvalue weighted by molar-refractivity contribution is 5.69. The third-order valence-corrected chi connectivity index (χ3v) is 5.32. The summed E-state index contributed by atoms with van der Waals surface area (Å²) in [5.41, 5.74) is 0. The average molecular weight is 445 g/mol. The van der Waals surface area contributed by atoms with Crippen LogP contribution in [0.5, 0.6) is 0 Å². The lowest BCUT2D eigenvalue weighted by Gasteiger charge is -2.07. The van der Waals surface area contributed by atoms with Crippen molar-refractivity contribution in [1.82, 2.24) is 0 Å². The number of carbonyl (C=O) groups is 1. The van der Waals surface area contributed by atoms with E-state index >= 15 is 0 Å². The van der Waals surface area contributed by atoms with E-state index in [1.165, 1.54) is 70.6 Å². The van der Waals surface area contributed by atoms with Crippen LogP contribution < -0.4 is 0 Å². The fourth-order valence-electron chi connectivity index (χ4n) is 3.34. The molecule has 0 aliphatic heterocycles. The molecule has 0 aromatic carbocycles. The van der Waals surface area contributed by atoms with Gasteiger partial charge in [-0.25, -0.2) is 0 Å². The first-order valence-electron chi connectivity index (χ1n) is 13.2. The predicted octanol–water partition coefficient (Wildman–Crippen LogP) is 6.86. The van der Waals surface area contributed by atoms with Gasteiger partial charge in [0, 0.05) is 19.6 Å². The van der Waals surface area contributed by atoms with Crippen molar-refractivity contribution < 1.29 is 23.7 Å². The summed E-state index contributed by atoms with van der Waals surface area (Å²) in [5, 5.41) is 0. The first-order chi connectivity index (χ1) is 15.3. The molecule has 5 nitrogen and oxygen atoms in total. The number of hydrogen-bond acceptors (Lipinski definition) is 5. The molecule has 0 saturated carbocycles. The van der Waals surface area contributed by atoms with E-state index in [2.05, 4.69) is 13.8 Å². The van der Waals surface area contributed by atoms with Gasteiger partial charge >= 0.3 is 5.97 Å². The highest BCUT2D eigenvalue weighted by atomic mass is 16.5. The Balaban J connectivity index is 3.08. The van der Waals surface area contributed by atoms with Crippen molar-refractivity contribution >= 4 is 5.97 Å². The minimum atomic E-state index is -0.115. The van der Waals surface area contributed by atoms with E-state index in [9.17, 15) is 4.79 Å². The van der Waals surface area contributed by atoms with E-state index in [0.29, 0.717) is 52.5 Å². The molecule has 0 radical (unpaired) electrons. The van der Waals surface area contributed by atoms with E-state index in [1.54, 1.807) is 0 Å². The van der Waals surface area contributed by atoms with E-state index in [4.69, 9.17) is 18.9 Å². The van der Waals surface area contributed by atoms with Crippen LogP contribution >= 0.6 is 0 Å². The van der Waals surface area contributed by atoms with Crippen LogP contribution in [0, 0.1) is 0 Å². The lowest BCUT2D eigenvalue weighted by molar-refractivity contribution is -0.144. The van der Waals surface area contributed by atoms with Crippen LogP contribution in [0.15, 0.2) is 0 Å². The Kier molecular flexibility index (Phi) is 26.8. The first-order valence-corrected chi connectivity index (χ1v) is 13.2. The highest BCUT2D eigenvalue weighted by Crippen LogP contribution is 2.10. The van der Waals surface area contributed by atoms with Crippen LogP contribution in [0.3, 0.4) is 0 Å². The minimum Gasteiger partial charge on any atom is -0.466 e. The zero-order chi connectivity index (χ0) is 22.7. The van der Waals surface area contributed by atoms with Crippen molar-refractivity contribution in [3.63, 3.8) is 0 Å². The Morgan fingerprint density at radius 3 is 1.39 bits per heavy atom. The molecular formula is C26H52O5. The largest absolute Gasteiger partial charge is 0.466 e. The van der Waals surface area contributed by atoms with Crippen molar-refractivity contribution in [1.29, 1.82) is 0 Å². The number of carbonyl (C=O) groups excluding carboxylic acids is 1. The summed E-state index contributed by atoms with van der Waals surface area (Å²) >= 11 is 0. The highest BCUT2D eigenvalue weighted by Gasteiger charge is 2.02. The van der Waals surface area contributed by atoms with Gasteiger partial charge in [0.1, 0.15) is 0 Å². The Labute approximate surface area is 192 Å². The molecule has 0 fully saturated rings. The second kappa shape index (κ2) is 27.4. The summed E-state index contributed by atoms with van der Waals surface area (Å²) in [6.45, 7) is 8.80. The molecular weight excluding hydrogens is 392 g/mol. The Morgan fingerprint density at radius 1 is 0.452 bits per heavy atom. The maximum atomic E-state index is 11.6. The van der Waals surface area contributed by atoms with Crippen molar-refractivity contribution in [3.05, 3.63) is 0 Å².